The fraction of sp³-hybridized carbons (Fsp3) is 0.571. The molecule has 1 fully saturated rings. The molecular weight excluding hydrogens is 228 g/mol. The van der Waals surface area contributed by atoms with Gasteiger partial charge in [0.2, 0.25) is 0 Å². The lowest BCUT2D eigenvalue weighted by molar-refractivity contribution is 0.0481. The van der Waals surface area contributed by atoms with E-state index in [1.807, 2.05) is 19.1 Å². The summed E-state index contributed by atoms with van der Waals surface area (Å²) in [5.74, 6) is 0.922. The van der Waals surface area contributed by atoms with E-state index < -0.39 is 5.60 Å². The number of hydrogen-bond donors (Lipinski definition) is 1. The van der Waals surface area contributed by atoms with E-state index in [1.165, 1.54) is 0 Å². The number of pyridine rings is 1. The fourth-order valence-corrected chi connectivity index (χ4v) is 2.27. The van der Waals surface area contributed by atoms with E-state index in [-0.39, 0.29) is 5.78 Å². The van der Waals surface area contributed by atoms with Crippen LogP contribution < -0.4 is 4.90 Å². The van der Waals surface area contributed by atoms with E-state index in [4.69, 9.17) is 0 Å². The van der Waals surface area contributed by atoms with Crippen LogP contribution in [0.4, 0.5) is 5.82 Å². The summed E-state index contributed by atoms with van der Waals surface area (Å²) in [6.07, 6.45) is 4.17. The Morgan fingerprint density at radius 2 is 2.17 bits per heavy atom. The Bertz CT molecular complexity index is 426. The minimum Gasteiger partial charge on any atom is -0.390 e. The van der Waals surface area contributed by atoms with Gasteiger partial charge in [-0.15, -0.1) is 0 Å². The van der Waals surface area contributed by atoms with Gasteiger partial charge in [0, 0.05) is 24.8 Å². The molecule has 1 atom stereocenters. The molecule has 2 rings (SSSR count). The maximum Gasteiger partial charge on any atom is 0.161 e. The maximum atomic E-state index is 11.2. The van der Waals surface area contributed by atoms with Gasteiger partial charge < -0.3 is 10.0 Å². The van der Waals surface area contributed by atoms with Gasteiger partial charge in [0.05, 0.1) is 5.60 Å². The third kappa shape index (κ3) is 3.07. The number of aliphatic hydroxyl groups is 1. The van der Waals surface area contributed by atoms with Crippen molar-refractivity contribution >= 4 is 11.6 Å². The van der Waals surface area contributed by atoms with Gasteiger partial charge in [-0.2, -0.15) is 0 Å². The van der Waals surface area contributed by atoms with Gasteiger partial charge in [0.15, 0.2) is 5.78 Å². The molecule has 0 spiro atoms. The van der Waals surface area contributed by atoms with Crippen LogP contribution in [0.5, 0.6) is 0 Å². The van der Waals surface area contributed by atoms with Gasteiger partial charge in [-0.3, -0.25) is 4.79 Å². The zero-order valence-corrected chi connectivity index (χ0v) is 11.0. The van der Waals surface area contributed by atoms with E-state index in [1.54, 1.807) is 13.1 Å². The SMILES string of the molecule is CC(=O)c1ccc(N2CCCC(C)(O)CC2)nc1. The number of carbonyl (C=O) groups excluding carboxylic acids is 1. The molecule has 4 nitrogen and oxygen atoms in total. The number of hydrogen-bond acceptors (Lipinski definition) is 4. The van der Waals surface area contributed by atoms with E-state index in [0.29, 0.717) is 5.56 Å². The lowest BCUT2D eigenvalue weighted by Crippen LogP contribution is -2.28. The molecule has 1 aromatic heterocycles. The molecule has 1 aromatic rings. The highest BCUT2D eigenvalue weighted by atomic mass is 16.3. The van der Waals surface area contributed by atoms with Crippen LogP contribution in [0.2, 0.25) is 0 Å². The van der Waals surface area contributed by atoms with Crippen molar-refractivity contribution in [3.63, 3.8) is 0 Å². The first-order valence-electron chi connectivity index (χ1n) is 6.42. The summed E-state index contributed by atoms with van der Waals surface area (Å²) in [7, 11) is 0. The first kappa shape index (κ1) is 13.0. The predicted molar refractivity (Wildman–Crippen MR) is 70.9 cm³/mol. The maximum absolute atomic E-state index is 11.2. The number of carbonyl (C=O) groups is 1. The van der Waals surface area contributed by atoms with Gasteiger partial charge in [0.25, 0.3) is 0 Å². The molecule has 18 heavy (non-hydrogen) atoms. The first-order chi connectivity index (χ1) is 8.48. The lowest BCUT2D eigenvalue weighted by Gasteiger charge is -2.23. The molecule has 98 valence electrons. The number of ketones is 1. The van der Waals surface area contributed by atoms with E-state index >= 15 is 0 Å². The third-order valence-electron chi connectivity index (χ3n) is 3.54. The zero-order chi connectivity index (χ0) is 13.2. The highest BCUT2D eigenvalue weighted by Gasteiger charge is 2.25. The molecule has 1 unspecified atom stereocenters. The van der Waals surface area contributed by atoms with Crippen LogP contribution in [0.15, 0.2) is 18.3 Å². The van der Waals surface area contributed by atoms with Crippen molar-refractivity contribution in [3.8, 4) is 0 Å². The molecule has 1 aliphatic rings. The topological polar surface area (TPSA) is 53.4 Å². The lowest BCUT2D eigenvalue weighted by atomic mass is 9.98. The Labute approximate surface area is 108 Å². The molecule has 0 bridgehead atoms. The summed E-state index contributed by atoms with van der Waals surface area (Å²) in [4.78, 5) is 17.7. The van der Waals surface area contributed by atoms with E-state index in [2.05, 4.69) is 9.88 Å². The normalized spacial score (nSPS) is 24.7. The summed E-state index contributed by atoms with van der Waals surface area (Å²) in [5.41, 5.74) is 0.0780. The van der Waals surface area contributed by atoms with Gasteiger partial charge >= 0.3 is 0 Å². The second-order valence-corrected chi connectivity index (χ2v) is 5.30. The molecule has 0 amide bonds. The predicted octanol–water partition coefficient (Wildman–Crippen LogP) is 2.03. The van der Waals surface area contributed by atoms with Gasteiger partial charge in [-0.05, 0) is 45.2 Å². The average molecular weight is 248 g/mol. The third-order valence-corrected chi connectivity index (χ3v) is 3.54. The van der Waals surface area contributed by atoms with Crippen LogP contribution in [-0.4, -0.2) is 34.6 Å². The Hall–Kier alpha value is -1.42. The smallest absolute Gasteiger partial charge is 0.161 e. The van der Waals surface area contributed by atoms with Gasteiger partial charge in [-0.1, -0.05) is 0 Å². The van der Waals surface area contributed by atoms with Crippen LogP contribution >= 0.6 is 0 Å². The average Bonchev–Trinajstić information content (AvgIpc) is 2.50. The molecule has 1 saturated heterocycles. The molecular formula is C14H20N2O2. The Morgan fingerprint density at radius 1 is 1.39 bits per heavy atom. The van der Waals surface area contributed by atoms with Crippen LogP contribution in [0.25, 0.3) is 0 Å². The van der Waals surface area contributed by atoms with Crippen LogP contribution in [0.1, 0.15) is 43.5 Å². The van der Waals surface area contributed by atoms with E-state index in [0.717, 1.165) is 38.2 Å². The zero-order valence-electron chi connectivity index (χ0n) is 11.0. The summed E-state index contributed by atoms with van der Waals surface area (Å²) in [6, 6.07) is 3.70. The van der Waals surface area contributed by atoms with Crippen molar-refractivity contribution in [3.05, 3.63) is 23.9 Å². The summed E-state index contributed by atoms with van der Waals surface area (Å²) in [5, 5.41) is 10.0. The van der Waals surface area contributed by atoms with E-state index in [9.17, 15) is 9.90 Å². The van der Waals surface area contributed by atoms with Crippen molar-refractivity contribution in [1.82, 2.24) is 4.98 Å². The quantitative estimate of drug-likeness (QED) is 0.814. The van der Waals surface area contributed by atoms with Crippen molar-refractivity contribution in [1.29, 1.82) is 0 Å². The van der Waals surface area contributed by atoms with Crippen LogP contribution in [0.3, 0.4) is 0 Å². The molecule has 1 N–H and O–H groups in total. The Kier molecular flexibility index (Phi) is 3.66. The highest BCUT2D eigenvalue weighted by molar-refractivity contribution is 5.93. The number of rotatable bonds is 2. The van der Waals surface area contributed by atoms with Crippen LogP contribution in [0, 0.1) is 0 Å². The van der Waals surface area contributed by atoms with Gasteiger partial charge in [0.1, 0.15) is 5.82 Å². The summed E-state index contributed by atoms with van der Waals surface area (Å²) in [6.45, 7) is 5.14. The first-order valence-corrected chi connectivity index (χ1v) is 6.42. The molecule has 0 aliphatic carbocycles. The molecule has 0 aromatic carbocycles. The van der Waals surface area contributed by atoms with Gasteiger partial charge in [-0.25, -0.2) is 4.98 Å². The van der Waals surface area contributed by atoms with Crippen molar-refractivity contribution in [2.75, 3.05) is 18.0 Å². The van der Waals surface area contributed by atoms with Crippen LogP contribution in [-0.2, 0) is 0 Å². The molecule has 4 heteroatoms. The number of anilines is 1. The van der Waals surface area contributed by atoms with Crippen molar-refractivity contribution < 1.29 is 9.90 Å². The monoisotopic (exact) mass is 248 g/mol. The van der Waals surface area contributed by atoms with Crippen molar-refractivity contribution in [2.45, 2.75) is 38.7 Å². The van der Waals surface area contributed by atoms with Crippen molar-refractivity contribution in [2.24, 2.45) is 0 Å². The summed E-state index contributed by atoms with van der Waals surface area (Å²) >= 11 is 0. The second kappa shape index (κ2) is 5.06. The highest BCUT2D eigenvalue weighted by Crippen LogP contribution is 2.24. The Morgan fingerprint density at radius 3 is 2.78 bits per heavy atom. The second-order valence-electron chi connectivity index (χ2n) is 5.30. The number of Topliss-reactive ketones (excluding diaryl/α,β-unsaturated/α-hetero) is 1. The Balaban J connectivity index is 2.09. The number of nitrogens with zero attached hydrogens (tertiary/aromatic N) is 2. The molecule has 0 saturated carbocycles. The summed E-state index contributed by atoms with van der Waals surface area (Å²) < 4.78 is 0. The molecule has 2 heterocycles. The molecule has 0 radical (unpaired) electrons. The standard InChI is InChI=1S/C14H20N2O2/c1-11(17)12-4-5-13(15-10-12)16-8-3-6-14(2,18)7-9-16/h4-5,10,18H,3,6-9H2,1-2H3. The largest absolute Gasteiger partial charge is 0.390 e. The minimum absolute atomic E-state index is 0.0350. The number of aromatic nitrogens is 1. The minimum atomic E-state index is -0.561. The fourth-order valence-electron chi connectivity index (χ4n) is 2.27. The molecule has 1 aliphatic heterocycles.